The van der Waals surface area contributed by atoms with Crippen molar-refractivity contribution in [3.05, 3.63) is 66.0 Å². The number of ether oxygens (including phenoxy) is 1. The van der Waals surface area contributed by atoms with Crippen LogP contribution in [0.5, 0.6) is 0 Å². The van der Waals surface area contributed by atoms with Crippen molar-refractivity contribution >= 4 is 11.8 Å². The molecule has 1 N–H and O–H groups in total. The number of hydrogen-bond donors (Lipinski definition) is 1. The van der Waals surface area contributed by atoms with Crippen LogP contribution in [0.3, 0.4) is 0 Å². The molecule has 1 saturated heterocycles. The normalized spacial score (nSPS) is 21.7. The molecule has 0 bridgehead atoms. The van der Waals surface area contributed by atoms with Gasteiger partial charge in [0.25, 0.3) is 5.91 Å². The Bertz CT molecular complexity index is 736. The third-order valence-corrected chi connectivity index (χ3v) is 4.45. The summed E-state index contributed by atoms with van der Waals surface area (Å²) in [7, 11) is 1.70. The van der Waals surface area contributed by atoms with Gasteiger partial charge in [0, 0.05) is 19.4 Å². The number of aromatic nitrogens is 1. The highest BCUT2D eigenvalue weighted by Gasteiger charge is 2.40. The van der Waals surface area contributed by atoms with Gasteiger partial charge in [-0.2, -0.15) is 0 Å². The second-order valence-corrected chi connectivity index (χ2v) is 6.10. The second kappa shape index (κ2) is 7.44. The van der Waals surface area contributed by atoms with Gasteiger partial charge in [-0.15, -0.1) is 0 Å². The first-order valence-corrected chi connectivity index (χ1v) is 8.20. The number of rotatable bonds is 4. The molecule has 2 amide bonds. The zero-order chi connectivity index (χ0) is 17.8. The quantitative estimate of drug-likeness (QED) is 0.923. The van der Waals surface area contributed by atoms with Crippen LogP contribution in [0.25, 0.3) is 0 Å². The topological polar surface area (TPSA) is 71.5 Å². The van der Waals surface area contributed by atoms with E-state index in [0.29, 0.717) is 0 Å². The van der Waals surface area contributed by atoms with Gasteiger partial charge in [0.1, 0.15) is 6.61 Å². The van der Waals surface area contributed by atoms with Crippen molar-refractivity contribution in [2.24, 2.45) is 0 Å². The summed E-state index contributed by atoms with van der Waals surface area (Å²) < 4.78 is 5.61. The van der Waals surface area contributed by atoms with E-state index < -0.39 is 12.1 Å². The van der Waals surface area contributed by atoms with Crippen LogP contribution in [-0.2, 0) is 14.3 Å². The van der Waals surface area contributed by atoms with Crippen molar-refractivity contribution in [1.29, 1.82) is 0 Å². The maximum Gasteiger partial charge on any atom is 0.252 e. The predicted octanol–water partition coefficient (Wildman–Crippen LogP) is 1.86. The molecule has 1 aromatic carbocycles. The Morgan fingerprint density at radius 3 is 2.60 bits per heavy atom. The molecular formula is C19H21N3O3. The van der Waals surface area contributed by atoms with Crippen LogP contribution < -0.4 is 5.32 Å². The first-order valence-electron chi connectivity index (χ1n) is 8.20. The Kier molecular flexibility index (Phi) is 5.09. The van der Waals surface area contributed by atoms with Crippen LogP contribution in [0.4, 0.5) is 0 Å². The number of likely N-dealkylation sites (N-methyl/N-ethyl adjacent to an activating group) is 1. The summed E-state index contributed by atoms with van der Waals surface area (Å²) in [5.74, 6) is -0.377. The molecule has 1 aliphatic rings. The average Bonchev–Trinajstić information content (AvgIpc) is 2.65. The van der Waals surface area contributed by atoms with E-state index in [0.717, 1.165) is 11.1 Å². The lowest BCUT2D eigenvalue weighted by molar-refractivity contribution is -0.162. The van der Waals surface area contributed by atoms with Gasteiger partial charge in [-0.3, -0.25) is 14.6 Å². The predicted molar refractivity (Wildman–Crippen MR) is 92.5 cm³/mol. The molecule has 25 heavy (non-hydrogen) atoms. The van der Waals surface area contributed by atoms with Gasteiger partial charge >= 0.3 is 0 Å². The molecule has 1 aliphatic heterocycles. The minimum absolute atomic E-state index is 0.0957. The van der Waals surface area contributed by atoms with Crippen LogP contribution in [0.1, 0.15) is 30.1 Å². The number of nitrogens with one attached hydrogen (secondary N) is 1. The molecule has 0 saturated carbocycles. The Morgan fingerprint density at radius 1 is 1.24 bits per heavy atom. The molecule has 6 nitrogen and oxygen atoms in total. The van der Waals surface area contributed by atoms with Crippen molar-refractivity contribution in [2.45, 2.75) is 25.1 Å². The van der Waals surface area contributed by atoms with Crippen LogP contribution in [0.15, 0.2) is 54.9 Å². The van der Waals surface area contributed by atoms with Crippen molar-refractivity contribution in [3.63, 3.8) is 0 Å². The maximum atomic E-state index is 12.8. The zero-order valence-electron chi connectivity index (χ0n) is 14.3. The highest BCUT2D eigenvalue weighted by Crippen LogP contribution is 2.29. The minimum Gasteiger partial charge on any atom is -0.356 e. The Balaban J connectivity index is 1.80. The first-order chi connectivity index (χ1) is 12.1. The number of benzene rings is 1. The Labute approximate surface area is 146 Å². The van der Waals surface area contributed by atoms with E-state index in [9.17, 15) is 9.59 Å². The van der Waals surface area contributed by atoms with Gasteiger partial charge in [0.15, 0.2) is 6.10 Å². The van der Waals surface area contributed by atoms with Crippen LogP contribution in [0, 0.1) is 0 Å². The lowest BCUT2D eigenvalue weighted by atomic mass is 9.97. The molecule has 1 aromatic heterocycles. The lowest BCUT2D eigenvalue weighted by Gasteiger charge is -2.38. The Morgan fingerprint density at radius 2 is 1.92 bits per heavy atom. The van der Waals surface area contributed by atoms with E-state index in [1.54, 1.807) is 24.3 Å². The number of amides is 2. The largest absolute Gasteiger partial charge is 0.356 e. The van der Waals surface area contributed by atoms with Crippen molar-refractivity contribution in [2.75, 3.05) is 13.7 Å². The number of hydrogen-bond acceptors (Lipinski definition) is 4. The van der Waals surface area contributed by atoms with E-state index in [1.165, 1.54) is 0 Å². The van der Waals surface area contributed by atoms with Gasteiger partial charge < -0.3 is 15.0 Å². The molecule has 0 unspecified atom stereocenters. The van der Waals surface area contributed by atoms with Crippen LogP contribution >= 0.6 is 0 Å². The fraction of sp³-hybridized carbons (Fsp3) is 0.316. The van der Waals surface area contributed by atoms with Gasteiger partial charge in [0.2, 0.25) is 5.91 Å². The van der Waals surface area contributed by atoms with E-state index >= 15 is 0 Å². The van der Waals surface area contributed by atoms with Gasteiger partial charge in [-0.1, -0.05) is 30.3 Å². The highest BCUT2D eigenvalue weighted by atomic mass is 16.5. The summed E-state index contributed by atoms with van der Waals surface area (Å²) in [5.41, 5.74) is 1.83. The first kappa shape index (κ1) is 17.1. The molecule has 130 valence electrons. The maximum absolute atomic E-state index is 12.8. The summed E-state index contributed by atoms with van der Waals surface area (Å²) in [4.78, 5) is 30.4. The molecule has 0 spiro atoms. The SMILES string of the molecule is C[C@H](NC(=O)[C@@H]1OCC(=O)N(C)[C@@H]1c1ccccc1)c1ccncc1. The van der Waals surface area contributed by atoms with E-state index in [4.69, 9.17) is 4.74 Å². The summed E-state index contributed by atoms with van der Waals surface area (Å²) in [6.07, 6.45) is 2.62. The van der Waals surface area contributed by atoms with Crippen LogP contribution in [0.2, 0.25) is 0 Å². The van der Waals surface area contributed by atoms with E-state index in [-0.39, 0.29) is 24.5 Å². The molecule has 3 atom stereocenters. The standard InChI is InChI=1S/C19H21N3O3/c1-13(14-8-10-20-11-9-14)21-19(24)18-17(15-6-4-3-5-7-15)22(2)16(23)12-25-18/h3-11,13,17-18H,12H2,1-2H3,(H,21,24)/t13-,17+,18+/m0/s1. The fourth-order valence-electron chi connectivity index (χ4n) is 3.01. The van der Waals surface area contributed by atoms with Crippen molar-refractivity contribution in [3.8, 4) is 0 Å². The third-order valence-electron chi connectivity index (χ3n) is 4.45. The van der Waals surface area contributed by atoms with Gasteiger partial charge in [-0.05, 0) is 30.2 Å². The number of nitrogens with zero attached hydrogens (tertiary/aromatic N) is 2. The molecule has 1 fully saturated rings. The number of morpholine rings is 1. The number of pyridine rings is 1. The molecule has 3 rings (SSSR count). The average molecular weight is 339 g/mol. The second-order valence-electron chi connectivity index (χ2n) is 6.10. The van der Waals surface area contributed by atoms with Gasteiger partial charge in [0.05, 0.1) is 12.1 Å². The molecule has 2 aromatic rings. The molecule has 6 heteroatoms. The molecule has 0 aliphatic carbocycles. The monoisotopic (exact) mass is 339 g/mol. The smallest absolute Gasteiger partial charge is 0.252 e. The molecule has 0 radical (unpaired) electrons. The number of carbonyl (C=O) groups is 2. The lowest BCUT2D eigenvalue weighted by Crippen LogP contribution is -2.53. The third kappa shape index (κ3) is 3.69. The zero-order valence-corrected chi connectivity index (χ0v) is 14.3. The number of carbonyl (C=O) groups excluding carboxylic acids is 2. The van der Waals surface area contributed by atoms with Gasteiger partial charge in [-0.25, -0.2) is 0 Å². The van der Waals surface area contributed by atoms with E-state index in [1.807, 2.05) is 49.4 Å². The summed E-state index contributed by atoms with van der Waals surface area (Å²) in [6.45, 7) is 1.81. The van der Waals surface area contributed by atoms with E-state index in [2.05, 4.69) is 10.3 Å². The summed E-state index contributed by atoms with van der Waals surface area (Å²) in [5, 5.41) is 2.97. The van der Waals surface area contributed by atoms with Crippen molar-refractivity contribution < 1.29 is 14.3 Å². The summed E-state index contributed by atoms with van der Waals surface area (Å²) in [6, 6.07) is 12.5. The minimum atomic E-state index is -0.755. The summed E-state index contributed by atoms with van der Waals surface area (Å²) >= 11 is 0. The molecule has 2 heterocycles. The highest BCUT2D eigenvalue weighted by molar-refractivity contribution is 5.86. The van der Waals surface area contributed by atoms with Crippen LogP contribution in [-0.4, -0.2) is 41.5 Å². The fourth-order valence-corrected chi connectivity index (χ4v) is 3.01. The van der Waals surface area contributed by atoms with Crippen molar-refractivity contribution in [1.82, 2.24) is 15.2 Å². The molecular weight excluding hydrogens is 318 g/mol. The Hall–Kier alpha value is -2.73.